The number of aromatic nitrogens is 2. The Kier molecular flexibility index (Phi) is 2.07. The molecule has 0 amide bonds. The molecule has 1 aliphatic rings. The first-order valence-corrected chi connectivity index (χ1v) is 5.21. The summed E-state index contributed by atoms with van der Waals surface area (Å²) in [6, 6.07) is 3.87. The van der Waals surface area contributed by atoms with Crippen LogP contribution in [0.1, 0.15) is 23.0 Å². The number of aromatic amines is 1. The number of hydrogen-bond donors (Lipinski definition) is 2. The number of hydrogen-bond acceptors (Lipinski definition) is 3. The highest BCUT2D eigenvalue weighted by molar-refractivity contribution is 5.19. The Morgan fingerprint density at radius 1 is 1.47 bits per heavy atom. The Bertz CT molecular complexity index is 421. The van der Waals surface area contributed by atoms with Crippen LogP contribution in [-0.4, -0.2) is 16.5 Å². The largest absolute Gasteiger partial charge is 0.469 e. The minimum atomic E-state index is 0.750. The minimum Gasteiger partial charge on any atom is -0.469 e. The summed E-state index contributed by atoms with van der Waals surface area (Å²) >= 11 is 0. The summed E-state index contributed by atoms with van der Waals surface area (Å²) in [6.45, 7) is 1.93. The molecule has 0 aliphatic carbocycles. The molecule has 0 saturated heterocycles. The zero-order valence-corrected chi connectivity index (χ0v) is 8.42. The number of H-pyrrole nitrogens is 1. The van der Waals surface area contributed by atoms with E-state index in [1.165, 1.54) is 11.4 Å². The SMILES string of the molecule is c1coc(Cc2nc3c([nH]2)CNCC3)c1. The quantitative estimate of drug-likeness (QED) is 0.772. The van der Waals surface area contributed by atoms with Crippen molar-refractivity contribution in [3.63, 3.8) is 0 Å². The topological polar surface area (TPSA) is 53.9 Å². The number of imidazole rings is 1. The summed E-state index contributed by atoms with van der Waals surface area (Å²) in [7, 11) is 0. The second kappa shape index (κ2) is 3.55. The Morgan fingerprint density at radius 2 is 2.47 bits per heavy atom. The van der Waals surface area contributed by atoms with Crippen molar-refractivity contribution in [2.75, 3.05) is 6.54 Å². The lowest BCUT2D eigenvalue weighted by atomic mass is 10.2. The van der Waals surface area contributed by atoms with Crippen molar-refractivity contribution in [1.29, 1.82) is 0 Å². The van der Waals surface area contributed by atoms with Crippen LogP contribution in [0.25, 0.3) is 0 Å². The van der Waals surface area contributed by atoms with Gasteiger partial charge in [-0.25, -0.2) is 4.98 Å². The van der Waals surface area contributed by atoms with Gasteiger partial charge in [0.2, 0.25) is 0 Å². The van der Waals surface area contributed by atoms with Gasteiger partial charge < -0.3 is 14.7 Å². The fraction of sp³-hybridized carbons (Fsp3) is 0.364. The molecule has 0 aromatic carbocycles. The van der Waals surface area contributed by atoms with Gasteiger partial charge in [0, 0.05) is 19.5 Å². The molecule has 0 spiro atoms. The highest BCUT2D eigenvalue weighted by Crippen LogP contribution is 2.13. The van der Waals surface area contributed by atoms with Gasteiger partial charge >= 0.3 is 0 Å². The zero-order chi connectivity index (χ0) is 10.1. The lowest BCUT2D eigenvalue weighted by molar-refractivity contribution is 0.517. The lowest BCUT2D eigenvalue weighted by Gasteiger charge is -2.09. The summed E-state index contributed by atoms with van der Waals surface area (Å²) in [4.78, 5) is 7.91. The average Bonchev–Trinajstić information content (AvgIpc) is 2.86. The smallest absolute Gasteiger partial charge is 0.114 e. The number of furan rings is 1. The molecule has 78 valence electrons. The molecule has 4 nitrogen and oxygen atoms in total. The Balaban J connectivity index is 1.84. The van der Waals surface area contributed by atoms with E-state index in [2.05, 4.69) is 15.3 Å². The van der Waals surface area contributed by atoms with Gasteiger partial charge in [-0.2, -0.15) is 0 Å². The van der Waals surface area contributed by atoms with E-state index in [-0.39, 0.29) is 0 Å². The van der Waals surface area contributed by atoms with Gasteiger partial charge in [0.1, 0.15) is 11.6 Å². The van der Waals surface area contributed by atoms with Crippen molar-refractivity contribution in [3.05, 3.63) is 41.4 Å². The van der Waals surface area contributed by atoms with E-state index in [0.29, 0.717) is 0 Å². The normalized spacial score (nSPS) is 15.2. The zero-order valence-electron chi connectivity index (χ0n) is 8.42. The van der Waals surface area contributed by atoms with Crippen molar-refractivity contribution in [3.8, 4) is 0 Å². The lowest BCUT2D eigenvalue weighted by Crippen LogP contribution is -2.23. The third-order valence-electron chi connectivity index (χ3n) is 2.68. The van der Waals surface area contributed by atoms with Crippen LogP contribution < -0.4 is 5.32 Å². The van der Waals surface area contributed by atoms with Gasteiger partial charge in [0.25, 0.3) is 0 Å². The molecule has 0 bridgehead atoms. The molecular formula is C11H13N3O. The monoisotopic (exact) mass is 203 g/mol. The van der Waals surface area contributed by atoms with Gasteiger partial charge in [0.15, 0.2) is 0 Å². The third kappa shape index (κ3) is 1.68. The number of fused-ring (bicyclic) bond motifs is 1. The third-order valence-corrected chi connectivity index (χ3v) is 2.68. The number of rotatable bonds is 2. The van der Waals surface area contributed by atoms with Crippen LogP contribution in [0.3, 0.4) is 0 Å². The first kappa shape index (κ1) is 8.73. The molecule has 2 aromatic heterocycles. The highest BCUT2D eigenvalue weighted by atomic mass is 16.3. The Hall–Kier alpha value is -1.55. The molecule has 3 rings (SSSR count). The summed E-state index contributed by atoms with van der Waals surface area (Å²) in [5.41, 5.74) is 2.43. The van der Waals surface area contributed by atoms with Crippen molar-refractivity contribution in [2.24, 2.45) is 0 Å². The van der Waals surface area contributed by atoms with E-state index in [4.69, 9.17) is 4.42 Å². The maximum absolute atomic E-state index is 5.29. The van der Waals surface area contributed by atoms with Crippen LogP contribution in [-0.2, 0) is 19.4 Å². The predicted octanol–water partition coefficient (Wildman–Crippen LogP) is 1.24. The van der Waals surface area contributed by atoms with Crippen LogP contribution in [0.15, 0.2) is 22.8 Å². The fourth-order valence-electron chi connectivity index (χ4n) is 1.94. The molecule has 0 fully saturated rings. The summed E-state index contributed by atoms with van der Waals surface area (Å²) < 4.78 is 5.29. The summed E-state index contributed by atoms with van der Waals surface area (Å²) in [6.07, 6.45) is 3.46. The molecule has 3 heterocycles. The van der Waals surface area contributed by atoms with Gasteiger partial charge in [-0.1, -0.05) is 0 Å². The number of nitrogens with zero attached hydrogens (tertiary/aromatic N) is 1. The standard InChI is InChI=1S/C11H13N3O/c1-2-8(15-5-1)6-11-13-9-3-4-12-7-10(9)14-11/h1-2,5,12H,3-4,6-7H2,(H,13,14). The predicted molar refractivity (Wildman–Crippen MR) is 55.5 cm³/mol. The van der Waals surface area contributed by atoms with Crippen LogP contribution in [0.5, 0.6) is 0 Å². The molecule has 4 heteroatoms. The van der Waals surface area contributed by atoms with E-state index in [0.717, 1.165) is 37.5 Å². The molecule has 0 unspecified atom stereocenters. The minimum absolute atomic E-state index is 0.750. The first-order valence-electron chi connectivity index (χ1n) is 5.21. The average molecular weight is 203 g/mol. The van der Waals surface area contributed by atoms with E-state index >= 15 is 0 Å². The van der Waals surface area contributed by atoms with Crippen LogP contribution in [0.2, 0.25) is 0 Å². The second-order valence-corrected chi connectivity index (χ2v) is 3.79. The molecule has 2 N–H and O–H groups in total. The summed E-state index contributed by atoms with van der Waals surface area (Å²) in [5, 5.41) is 3.32. The second-order valence-electron chi connectivity index (χ2n) is 3.79. The molecule has 0 atom stereocenters. The molecule has 0 radical (unpaired) electrons. The van der Waals surface area contributed by atoms with Gasteiger partial charge in [-0.3, -0.25) is 0 Å². The fourth-order valence-corrected chi connectivity index (χ4v) is 1.94. The van der Waals surface area contributed by atoms with E-state index < -0.39 is 0 Å². The van der Waals surface area contributed by atoms with E-state index in [1.807, 2.05) is 12.1 Å². The first-order chi connectivity index (χ1) is 7.42. The van der Waals surface area contributed by atoms with E-state index in [1.54, 1.807) is 6.26 Å². The molecule has 1 aliphatic heterocycles. The molecule has 15 heavy (non-hydrogen) atoms. The van der Waals surface area contributed by atoms with Crippen molar-refractivity contribution in [2.45, 2.75) is 19.4 Å². The van der Waals surface area contributed by atoms with Crippen LogP contribution in [0, 0.1) is 0 Å². The number of nitrogens with one attached hydrogen (secondary N) is 2. The maximum atomic E-state index is 5.29. The van der Waals surface area contributed by atoms with Crippen molar-refractivity contribution < 1.29 is 4.42 Å². The maximum Gasteiger partial charge on any atom is 0.114 e. The van der Waals surface area contributed by atoms with Crippen LogP contribution in [0.4, 0.5) is 0 Å². The van der Waals surface area contributed by atoms with Gasteiger partial charge in [0.05, 0.1) is 24.1 Å². The van der Waals surface area contributed by atoms with E-state index in [9.17, 15) is 0 Å². The van der Waals surface area contributed by atoms with Crippen LogP contribution >= 0.6 is 0 Å². The Labute approximate surface area is 87.7 Å². The molecule has 2 aromatic rings. The van der Waals surface area contributed by atoms with Gasteiger partial charge in [-0.15, -0.1) is 0 Å². The summed E-state index contributed by atoms with van der Waals surface area (Å²) in [5.74, 6) is 1.95. The molecular weight excluding hydrogens is 190 g/mol. The Morgan fingerprint density at radius 3 is 3.27 bits per heavy atom. The van der Waals surface area contributed by atoms with Crippen molar-refractivity contribution >= 4 is 0 Å². The highest BCUT2D eigenvalue weighted by Gasteiger charge is 2.14. The van der Waals surface area contributed by atoms with Gasteiger partial charge in [-0.05, 0) is 12.1 Å². The van der Waals surface area contributed by atoms with Crippen molar-refractivity contribution in [1.82, 2.24) is 15.3 Å². The molecule has 0 saturated carbocycles.